The van der Waals surface area contributed by atoms with E-state index in [2.05, 4.69) is 20.3 Å². The Hall–Kier alpha value is -1.82. The minimum absolute atomic E-state index is 0.264. The van der Waals surface area contributed by atoms with E-state index in [4.69, 9.17) is 0 Å². The zero-order chi connectivity index (χ0) is 11.5. The monoisotopic (exact) mass is 234 g/mol. The maximum Gasteiger partial charge on any atom is 0.276 e. The summed E-state index contributed by atoms with van der Waals surface area (Å²) in [5.41, 5.74) is 1.24. The van der Waals surface area contributed by atoms with E-state index in [1.165, 1.54) is 11.3 Å². The molecule has 0 aliphatic carbocycles. The summed E-state index contributed by atoms with van der Waals surface area (Å²) in [6.45, 7) is 3.62. The second-order valence-corrected chi connectivity index (χ2v) is 4.10. The summed E-state index contributed by atoms with van der Waals surface area (Å²) in [5, 5.41) is 5.14. The van der Waals surface area contributed by atoms with Gasteiger partial charge in [-0.3, -0.25) is 10.1 Å². The second kappa shape index (κ2) is 4.36. The normalized spacial score (nSPS) is 10.1. The van der Waals surface area contributed by atoms with Gasteiger partial charge in [-0.2, -0.15) is 0 Å². The highest BCUT2D eigenvalue weighted by molar-refractivity contribution is 7.13. The topological polar surface area (TPSA) is 67.8 Å². The van der Waals surface area contributed by atoms with Crippen molar-refractivity contribution in [2.45, 2.75) is 13.8 Å². The standard InChI is InChI=1S/C10H10N4OS/c1-6-5-16-10(12-6)14-9(15)8-3-4-11-7(2)13-8/h3-5H,1-2H3,(H,12,14,15). The number of nitrogens with zero attached hydrogens (tertiary/aromatic N) is 3. The number of nitrogens with one attached hydrogen (secondary N) is 1. The third-order valence-electron chi connectivity index (χ3n) is 1.85. The predicted molar refractivity (Wildman–Crippen MR) is 61.6 cm³/mol. The van der Waals surface area contributed by atoms with E-state index >= 15 is 0 Å². The highest BCUT2D eigenvalue weighted by Crippen LogP contribution is 2.15. The Labute approximate surface area is 96.6 Å². The summed E-state index contributed by atoms with van der Waals surface area (Å²) >= 11 is 1.39. The molecule has 2 aromatic heterocycles. The molecule has 16 heavy (non-hydrogen) atoms. The van der Waals surface area contributed by atoms with Gasteiger partial charge in [0.25, 0.3) is 5.91 Å². The number of hydrogen-bond acceptors (Lipinski definition) is 5. The molecule has 2 rings (SSSR count). The first-order valence-corrected chi connectivity index (χ1v) is 5.56. The maximum absolute atomic E-state index is 11.7. The minimum atomic E-state index is -0.264. The van der Waals surface area contributed by atoms with Crippen LogP contribution < -0.4 is 5.32 Å². The van der Waals surface area contributed by atoms with Gasteiger partial charge in [0.1, 0.15) is 11.5 Å². The van der Waals surface area contributed by atoms with E-state index < -0.39 is 0 Å². The van der Waals surface area contributed by atoms with Crippen LogP contribution >= 0.6 is 11.3 Å². The van der Waals surface area contributed by atoms with Crippen molar-refractivity contribution in [2.75, 3.05) is 5.32 Å². The lowest BCUT2D eigenvalue weighted by molar-refractivity contribution is 0.102. The summed E-state index contributed by atoms with van der Waals surface area (Å²) in [6, 6.07) is 1.57. The number of aromatic nitrogens is 3. The maximum atomic E-state index is 11.7. The van der Waals surface area contributed by atoms with Crippen molar-refractivity contribution >= 4 is 22.4 Å². The van der Waals surface area contributed by atoms with Crippen LogP contribution in [-0.4, -0.2) is 20.9 Å². The Morgan fingerprint density at radius 3 is 2.81 bits per heavy atom. The highest BCUT2D eigenvalue weighted by atomic mass is 32.1. The Morgan fingerprint density at radius 1 is 1.38 bits per heavy atom. The molecule has 0 aromatic carbocycles. The molecule has 0 saturated heterocycles. The van der Waals surface area contributed by atoms with Crippen LogP contribution in [0.4, 0.5) is 5.13 Å². The lowest BCUT2D eigenvalue weighted by atomic mass is 10.4. The Kier molecular flexibility index (Phi) is 2.91. The van der Waals surface area contributed by atoms with E-state index in [1.807, 2.05) is 12.3 Å². The number of aryl methyl sites for hydroxylation is 2. The largest absolute Gasteiger partial charge is 0.296 e. The molecule has 0 spiro atoms. The van der Waals surface area contributed by atoms with E-state index in [1.54, 1.807) is 19.2 Å². The number of carbonyl (C=O) groups is 1. The van der Waals surface area contributed by atoms with E-state index in [0.29, 0.717) is 16.6 Å². The summed E-state index contributed by atoms with van der Waals surface area (Å²) in [5.74, 6) is 0.308. The van der Waals surface area contributed by atoms with Gasteiger partial charge in [-0.15, -0.1) is 11.3 Å². The van der Waals surface area contributed by atoms with Crippen molar-refractivity contribution in [3.05, 3.63) is 34.9 Å². The van der Waals surface area contributed by atoms with Crippen LogP contribution in [0.5, 0.6) is 0 Å². The summed E-state index contributed by atoms with van der Waals surface area (Å²) in [6.07, 6.45) is 1.56. The van der Waals surface area contributed by atoms with Crippen LogP contribution in [0.2, 0.25) is 0 Å². The number of carbonyl (C=O) groups excluding carboxylic acids is 1. The molecule has 1 N–H and O–H groups in total. The molecule has 0 fully saturated rings. The number of thiazole rings is 1. The number of rotatable bonds is 2. The van der Waals surface area contributed by atoms with Crippen LogP contribution in [0.15, 0.2) is 17.6 Å². The summed E-state index contributed by atoms with van der Waals surface area (Å²) in [7, 11) is 0. The lowest BCUT2D eigenvalue weighted by Gasteiger charge is -2.00. The predicted octanol–water partition coefficient (Wildman–Crippen LogP) is 1.80. The molecule has 0 aliphatic rings. The Bertz CT molecular complexity index is 523. The third-order valence-corrected chi connectivity index (χ3v) is 2.72. The Morgan fingerprint density at radius 2 is 2.19 bits per heavy atom. The molecule has 5 nitrogen and oxygen atoms in total. The zero-order valence-corrected chi connectivity index (χ0v) is 9.71. The summed E-state index contributed by atoms with van der Waals surface area (Å²) in [4.78, 5) is 23.8. The average molecular weight is 234 g/mol. The van der Waals surface area contributed by atoms with Gasteiger partial charge >= 0.3 is 0 Å². The summed E-state index contributed by atoms with van der Waals surface area (Å²) < 4.78 is 0. The number of anilines is 1. The van der Waals surface area contributed by atoms with Gasteiger partial charge in [0.05, 0.1) is 5.69 Å². The fraction of sp³-hybridized carbons (Fsp3) is 0.200. The van der Waals surface area contributed by atoms with Gasteiger partial charge < -0.3 is 0 Å². The van der Waals surface area contributed by atoms with E-state index in [9.17, 15) is 4.79 Å². The average Bonchev–Trinajstić information content (AvgIpc) is 2.64. The van der Waals surface area contributed by atoms with Crippen LogP contribution in [0.1, 0.15) is 22.0 Å². The van der Waals surface area contributed by atoms with Crippen LogP contribution in [0, 0.1) is 13.8 Å². The van der Waals surface area contributed by atoms with Crippen molar-refractivity contribution < 1.29 is 4.79 Å². The van der Waals surface area contributed by atoms with Crippen LogP contribution in [0.25, 0.3) is 0 Å². The van der Waals surface area contributed by atoms with Crippen molar-refractivity contribution in [1.82, 2.24) is 15.0 Å². The van der Waals surface area contributed by atoms with Crippen LogP contribution in [0.3, 0.4) is 0 Å². The van der Waals surface area contributed by atoms with E-state index in [-0.39, 0.29) is 5.91 Å². The first-order chi connectivity index (χ1) is 7.65. The lowest BCUT2D eigenvalue weighted by Crippen LogP contribution is -2.14. The zero-order valence-electron chi connectivity index (χ0n) is 8.89. The molecule has 0 atom stereocenters. The molecule has 82 valence electrons. The fourth-order valence-corrected chi connectivity index (χ4v) is 1.84. The fourth-order valence-electron chi connectivity index (χ4n) is 1.16. The van der Waals surface area contributed by atoms with Gasteiger partial charge in [-0.25, -0.2) is 15.0 Å². The molecule has 2 aromatic rings. The van der Waals surface area contributed by atoms with E-state index in [0.717, 1.165) is 5.69 Å². The van der Waals surface area contributed by atoms with Crippen molar-refractivity contribution in [3.8, 4) is 0 Å². The molecule has 0 aliphatic heterocycles. The molecule has 6 heteroatoms. The number of hydrogen-bond donors (Lipinski definition) is 1. The quantitative estimate of drug-likeness (QED) is 0.860. The first kappa shape index (κ1) is 10.7. The first-order valence-electron chi connectivity index (χ1n) is 4.68. The van der Waals surface area contributed by atoms with Gasteiger partial charge in [0, 0.05) is 11.6 Å². The second-order valence-electron chi connectivity index (χ2n) is 3.24. The van der Waals surface area contributed by atoms with Crippen molar-refractivity contribution in [2.24, 2.45) is 0 Å². The van der Waals surface area contributed by atoms with Gasteiger partial charge in [0.2, 0.25) is 0 Å². The van der Waals surface area contributed by atoms with Crippen molar-refractivity contribution in [1.29, 1.82) is 0 Å². The Balaban J connectivity index is 2.14. The SMILES string of the molecule is Cc1csc(NC(=O)c2ccnc(C)n2)n1. The van der Waals surface area contributed by atoms with Gasteiger partial charge in [0.15, 0.2) is 5.13 Å². The highest BCUT2D eigenvalue weighted by Gasteiger charge is 2.09. The van der Waals surface area contributed by atoms with Gasteiger partial charge in [-0.05, 0) is 19.9 Å². The third kappa shape index (κ3) is 2.40. The molecule has 0 saturated carbocycles. The smallest absolute Gasteiger partial charge is 0.276 e. The molecular weight excluding hydrogens is 224 g/mol. The number of amides is 1. The molecule has 0 bridgehead atoms. The molecule has 0 radical (unpaired) electrons. The molecular formula is C10H10N4OS. The van der Waals surface area contributed by atoms with Gasteiger partial charge in [-0.1, -0.05) is 0 Å². The molecule has 1 amide bonds. The molecule has 0 unspecified atom stereocenters. The van der Waals surface area contributed by atoms with Crippen molar-refractivity contribution in [3.63, 3.8) is 0 Å². The molecule has 2 heterocycles. The minimum Gasteiger partial charge on any atom is -0.296 e. The van der Waals surface area contributed by atoms with Crippen LogP contribution in [-0.2, 0) is 0 Å².